The first-order valence-corrected chi connectivity index (χ1v) is 4.98. The van der Waals surface area contributed by atoms with Crippen LogP contribution in [0.1, 0.15) is 31.5 Å². The number of nitrogens with zero attached hydrogens (tertiary/aromatic N) is 1. The van der Waals surface area contributed by atoms with E-state index in [9.17, 15) is 0 Å². The van der Waals surface area contributed by atoms with E-state index in [1.54, 1.807) is 11.3 Å². The third-order valence-electron chi connectivity index (χ3n) is 1.56. The van der Waals surface area contributed by atoms with Gasteiger partial charge in [0.2, 0.25) is 0 Å². The fraction of sp³-hybridized carbons (Fsp3) is 0.667. The predicted octanol–water partition coefficient (Wildman–Crippen LogP) is 1.98. The van der Waals surface area contributed by atoms with Crippen LogP contribution in [0, 0.1) is 0 Å². The van der Waals surface area contributed by atoms with Gasteiger partial charge in [-0.1, -0.05) is 20.8 Å². The summed E-state index contributed by atoms with van der Waals surface area (Å²) >= 11 is 1.67. The maximum Gasteiger partial charge on any atom is 0.0981 e. The maximum absolute atomic E-state index is 8.70. The Labute approximate surface area is 77.3 Å². The SMILES string of the molecule is CC(C)(C)c1nc(CCO)cs1. The smallest absolute Gasteiger partial charge is 0.0981 e. The highest BCUT2D eigenvalue weighted by Gasteiger charge is 2.17. The lowest BCUT2D eigenvalue weighted by Gasteiger charge is -2.13. The fourth-order valence-corrected chi connectivity index (χ4v) is 1.82. The van der Waals surface area contributed by atoms with E-state index in [4.69, 9.17) is 5.11 Å². The molecule has 1 aromatic rings. The number of aromatic nitrogens is 1. The first kappa shape index (κ1) is 9.68. The lowest BCUT2D eigenvalue weighted by atomic mass is 9.98. The second kappa shape index (κ2) is 3.54. The third-order valence-corrected chi connectivity index (χ3v) is 2.88. The molecule has 1 heterocycles. The Morgan fingerprint density at radius 3 is 2.58 bits per heavy atom. The van der Waals surface area contributed by atoms with Crippen molar-refractivity contribution >= 4 is 11.3 Å². The summed E-state index contributed by atoms with van der Waals surface area (Å²) in [6, 6.07) is 0. The van der Waals surface area contributed by atoms with Gasteiger partial charge in [-0.3, -0.25) is 0 Å². The van der Waals surface area contributed by atoms with Crippen molar-refractivity contribution in [3.8, 4) is 0 Å². The molecular formula is C9H15NOS. The van der Waals surface area contributed by atoms with Gasteiger partial charge in [-0.15, -0.1) is 11.3 Å². The molecule has 0 atom stereocenters. The minimum atomic E-state index is 0.137. The van der Waals surface area contributed by atoms with E-state index >= 15 is 0 Å². The first-order chi connectivity index (χ1) is 5.54. The molecule has 0 aliphatic carbocycles. The number of rotatable bonds is 2. The average molecular weight is 185 g/mol. The van der Waals surface area contributed by atoms with Crippen LogP contribution >= 0.6 is 11.3 Å². The minimum Gasteiger partial charge on any atom is -0.396 e. The summed E-state index contributed by atoms with van der Waals surface area (Å²) in [5.41, 5.74) is 1.14. The second-order valence-electron chi connectivity index (χ2n) is 3.87. The van der Waals surface area contributed by atoms with E-state index in [0.717, 1.165) is 10.7 Å². The van der Waals surface area contributed by atoms with Crippen LogP contribution < -0.4 is 0 Å². The Bertz CT molecular complexity index is 249. The molecule has 0 aromatic carbocycles. The summed E-state index contributed by atoms with van der Waals surface area (Å²) in [6.45, 7) is 6.63. The predicted molar refractivity (Wildman–Crippen MR) is 51.6 cm³/mol. The Hall–Kier alpha value is -0.410. The van der Waals surface area contributed by atoms with Crippen LogP contribution in [-0.2, 0) is 11.8 Å². The summed E-state index contributed by atoms with van der Waals surface area (Å²) in [7, 11) is 0. The Morgan fingerprint density at radius 2 is 2.17 bits per heavy atom. The molecule has 2 nitrogen and oxygen atoms in total. The standard InChI is InChI=1S/C9H15NOS/c1-9(2,3)8-10-7(4-5-11)6-12-8/h6,11H,4-5H2,1-3H3. The van der Waals surface area contributed by atoms with Crippen molar-refractivity contribution < 1.29 is 5.11 Å². The molecule has 12 heavy (non-hydrogen) atoms. The van der Waals surface area contributed by atoms with Gasteiger partial charge in [-0.25, -0.2) is 4.98 Å². The molecule has 0 aliphatic heterocycles. The molecular weight excluding hydrogens is 170 g/mol. The van der Waals surface area contributed by atoms with Crippen molar-refractivity contribution in [1.29, 1.82) is 0 Å². The van der Waals surface area contributed by atoms with Gasteiger partial charge in [0.05, 0.1) is 10.7 Å². The van der Waals surface area contributed by atoms with Gasteiger partial charge in [0.15, 0.2) is 0 Å². The molecule has 0 saturated carbocycles. The maximum atomic E-state index is 8.70. The normalized spacial score (nSPS) is 12.0. The summed E-state index contributed by atoms with van der Waals surface area (Å²) in [5.74, 6) is 0. The van der Waals surface area contributed by atoms with E-state index in [2.05, 4.69) is 25.8 Å². The van der Waals surface area contributed by atoms with E-state index in [0.29, 0.717) is 6.42 Å². The average Bonchev–Trinajstić information content (AvgIpc) is 2.35. The van der Waals surface area contributed by atoms with Crippen LogP contribution in [-0.4, -0.2) is 16.7 Å². The molecule has 68 valence electrons. The number of thiazole rings is 1. The summed E-state index contributed by atoms with van der Waals surface area (Å²) < 4.78 is 0. The monoisotopic (exact) mass is 185 g/mol. The first-order valence-electron chi connectivity index (χ1n) is 4.10. The molecule has 0 spiro atoms. The molecule has 1 N–H and O–H groups in total. The lowest BCUT2D eigenvalue weighted by Crippen LogP contribution is -2.10. The van der Waals surface area contributed by atoms with Crippen LogP contribution in [0.4, 0.5) is 0 Å². The molecule has 0 bridgehead atoms. The highest BCUT2D eigenvalue weighted by Crippen LogP contribution is 2.25. The zero-order valence-electron chi connectivity index (χ0n) is 7.79. The number of aliphatic hydroxyl groups is 1. The zero-order valence-corrected chi connectivity index (χ0v) is 8.61. The van der Waals surface area contributed by atoms with Gasteiger partial charge in [0.25, 0.3) is 0 Å². The quantitative estimate of drug-likeness (QED) is 0.764. The molecule has 0 amide bonds. The van der Waals surface area contributed by atoms with Gasteiger partial charge in [0, 0.05) is 23.8 Å². The molecule has 0 unspecified atom stereocenters. The molecule has 0 aliphatic rings. The summed E-state index contributed by atoms with van der Waals surface area (Å²) in [5, 5.41) is 11.9. The van der Waals surface area contributed by atoms with Crippen molar-refractivity contribution in [1.82, 2.24) is 4.98 Å². The molecule has 3 heteroatoms. The van der Waals surface area contributed by atoms with Crippen LogP contribution in [0.2, 0.25) is 0 Å². The van der Waals surface area contributed by atoms with Gasteiger partial charge in [-0.2, -0.15) is 0 Å². The highest BCUT2D eigenvalue weighted by atomic mass is 32.1. The molecule has 0 radical (unpaired) electrons. The van der Waals surface area contributed by atoms with Gasteiger partial charge in [0.1, 0.15) is 0 Å². The van der Waals surface area contributed by atoms with E-state index in [-0.39, 0.29) is 12.0 Å². The molecule has 1 rings (SSSR count). The van der Waals surface area contributed by atoms with Crippen molar-refractivity contribution in [2.75, 3.05) is 6.61 Å². The third kappa shape index (κ3) is 2.29. The van der Waals surface area contributed by atoms with Crippen molar-refractivity contribution in [2.24, 2.45) is 0 Å². The van der Waals surface area contributed by atoms with Crippen LogP contribution in [0.15, 0.2) is 5.38 Å². The van der Waals surface area contributed by atoms with Crippen molar-refractivity contribution in [2.45, 2.75) is 32.6 Å². The summed E-state index contributed by atoms with van der Waals surface area (Å²) in [4.78, 5) is 4.43. The molecule has 0 fully saturated rings. The summed E-state index contributed by atoms with van der Waals surface area (Å²) in [6.07, 6.45) is 0.673. The van der Waals surface area contributed by atoms with Gasteiger partial charge >= 0.3 is 0 Å². The van der Waals surface area contributed by atoms with E-state index in [1.807, 2.05) is 5.38 Å². The van der Waals surface area contributed by atoms with E-state index < -0.39 is 0 Å². The minimum absolute atomic E-state index is 0.137. The van der Waals surface area contributed by atoms with Crippen LogP contribution in [0.25, 0.3) is 0 Å². The second-order valence-corrected chi connectivity index (χ2v) is 4.73. The Morgan fingerprint density at radius 1 is 1.50 bits per heavy atom. The Balaban J connectivity index is 2.77. The van der Waals surface area contributed by atoms with E-state index in [1.165, 1.54) is 0 Å². The number of hydrogen-bond donors (Lipinski definition) is 1. The highest BCUT2D eigenvalue weighted by molar-refractivity contribution is 7.09. The van der Waals surface area contributed by atoms with Gasteiger partial charge in [-0.05, 0) is 0 Å². The molecule has 0 saturated heterocycles. The van der Waals surface area contributed by atoms with Crippen molar-refractivity contribution in [3.05, 3.63) is 16.1 Å². The van der Waals surface area contributed by atoms with Crippen LogP contribution in [0.3, 0.4) is 0 Å². The largest absolute Gasteiger partial charge is 0.396 e. The zero-order chi connectivity index (χ0) is 9.19. The lowest BCUT2D eigenvalue weighted by molar-refractivity contribution is 0.298. The van der Waals surface area contributed by atoms with Gasteiger partial charge < -0.3 is 5.11 Å². The fourth-order valence-electron chi connectivity index (χ4n) is 0.881. The topological polar surface area (TPSA) is 33.1 Å². The number of hydrogen-bond acceptors (Lipinski definition) is 3. The van der Waals surface area contributed by atoms with Crippen LogP contribution in [0.5, 0.6) is 0 Å². The molecule has 1 aromatic heterocycles. The number of aliphatic hydroxyl groups excluding tert-OH is 1. The Kier molecular flexibility index (Phi) is 2.85. The van der Waals surface area contributed by atoms with Crippen molar-refractivity contribution in [3.63, 3.8) is 0 Å².